The summed E-state index contributed by atoms with van der Waals surface area (Å²) in [5.41, 5.74) is 2.01. The lowest BCUT2D eigenvalue weighted by Crippen LogP contribution is -2.30. The van der Waals surface area contributed by atoms with Crippen LogP contribution in [0.15, 0.2) is 66.9 Å². The number of hydrogen-bond acceptors (Lipinski definition) is 3. The van der Waals surface area contributed by atoms with Gasteiger partial charge in [-0.15, -0.1) is 0 Å². The maximum Gasteiger partial charge on any atom is 0.281 e. The topological polar surface area (TPSA) is 32.8 Å². The first-order chi connectivity index (χ1) is 12.5. The van der Waals surface area contributed by atoms with Crippen LogP contribution in [0.1, 0.15) is 5.56 Å². The molecule has 132 valence electrons. The maximum absolute atomic E-state index is 12.9. The lowest BCUT2D eigenvalue weighted by Gasteiger charge is -2.16. The van der Waals surface area contributed by atoms with Crippen LogP contribution in [0.4, 0.5) is 5.69 Å². The van der Waals surface area contributed by atoms with E-state index in [2.05, 4.69) is 6.58 Å². The highest BCUT2D eigenvalue weighted by Crippen LogP contribution is 2.30. The predicted molar refractivity (Wildman–Crippen MR) is 109 cm³/mol. The van der Waals surface area contributed by atoms with Gasteiger partial charge in [0.1, 0.15) is 18.1 Å². The number of hydrogen-bond donors (Lipinski definition) is 0. The maximum atomic E-state index is 12.9. The molecule has 4 nitrogen and oxygen atoms in total. The summed E-state index contributed by atoms with van der Waals surface area (Å²) >= 11 is 11.7. The van der Waals surface area contributed by atoms with E-state index in [4.69, 9.17) is 28.6 Å². The second-order valence-corrected chi connectivity index (χ2v) is 6.41. The van der Waals surface area contributed by atoms with Crippen molar-refractivity contribution in [3.05, 3.63) is 77.5 Å². The van der Waals surface area contributed by atoms with Crippen molar-refractivity contribution in [3.8, 4) is 5.75 Å². The summed E-state index contributed by atoms with van der Waals surface area (Å²) in [6.07, 6.45) is 3.41. The molecule has 1 aliphatic rings. The Morgan fingerprint density at radius 1 is 1.23 bits per heavy atom. The number of para-hydroxylation sites is 1. The summed E-state index contributed by atoms with van der Waals surface area (Å²) in [4.78, 5) is 16.1. The number of halogens is 1. The molecule has 1 fully saturated rings. The molecular formula is C20H17ClN2O2S. The highest BCUT2D eigenvalue weighted by molar-refractivity contribution is 7.80. The van der Waals surface area contributed by atoms with Crippen LogP contribution in [0.3, 0.4) is 0 Å². The molecule has 26 heavy (non-hydrogen) atoms. The van der Waals surface area contributed by atoms with Gasteiger partial charge >= 0.3 is 0 Å². The highest BCUT2D eigenvalue weighted by atomic mass is 35.5. The molecule has 0 bridgehead atoms. The van der Waals surface area contributed by atoms with E-state index in [1.165, 1.54) is 4.90 Å². The second-order valence-electron chi connectivity index (χ2n) is 5.64. The minimum absolute atomic E-state index is 0.174. The van der Waals surface area contributed by atoms with Crippen LogP contribution >= 0.6 is 23.8 Å². The average molecular weight is 385 g/mol. The smallest absolute Gasteiger partial charge is 0.281 e. The van der Waals surface area contributed by atoms with Gasteiger partial charge in [0.15, 0.2) is 5.11 Å². The summed E-state index contributed by atoms with van der Waals surface area (Å²) in [5, 5.41) is 0.904. The van der Waals surface area contributed by atoms with Crippen molar-refractivity contribution in [2.24, 2.45) is 0 Å². The molecule has 3 rings (SSSR count). The molecule has 0 spiro atoms. The summed E-state index contributed by atoms with van der Waals surface area (Å²) < 4.78 is 5.47. The van der Waals surface area contributed by atoms with Crippen molar-refractivity contribution in [1.29, 1.82) is 0 Å². The summed E-state index contributed by atoms with van der Waals surface area (Å²) in [7, 11) is 1.78. The number of rotatable bonds is 5. The Morgan fingerprint density at radius 2 is 1.96 bits per heavy atom. The van der Waals surface area contributed by atoms with Gasteiger partial charge < -0.3 is 9.64 Å². The SMILES string of the molecule is C=CCOc1ccc(/C=C2\C(=O)N(c3ccccc3)C(=S)N2C)cc1Cl. The normalized spacial score (nSPS) is 15.7. The van der Waals surface area contributed by atoms with E-state index in [0.717, 1.165) is 11.3 Å². The zero-order valence-corrected chi connectivity index (χ0v) is 15.8. The molecule has 0 N–H and O–H groups in total. The van der Waals surface area contributed by atoms with Crippen LogP contribution in [0.2, 0.25) is 5.02 Å². The van der Waals surface area contributed by atoms with Gasteiger partial charge in [-0.05, 0) is 48.1 Å². The zero-order chi connectivity index (χ0) is 18.7. The Kier molecular flexibility index (Phi) is 5.40. The van der Waals surface area contributed by atoms with E-state index < -0.39 is 0 Å². The Morgan fingerprint density at radius 3 is 2.62 bits per heavy atom. The van der Waals surface area contributed by atoms with Gasteiger partial charge in [0, 0.05) is 7.05 Å². The van der Waals surface area contributed by atoms with Gasteiger partial charge in [-0.1, -0.05) is 48.5 Å². The molecular weight excluding hydrogens is 368 g/mol. The fourth-order valence-corrected chi connectivity index (χ4v) is 3.12. The molecule has 0 aliphatic carbocycles. The van der Waals surface area contributed by atoms with Crippen LogP contribution in [0.5, 0.6) is 5.75 Å². The van der Waals surface area contributed by atoms with Gasteiger partial charge in [0.05, 0.1) is 10.7 Å². The number of nitrogens with zero attached hydrogens (tertiary/aromatic N) is 2. The third-order valence-corrected chi connectivity index (χ3v) is 4.64. The predicted octanol–water partition coefficient (Wildman–Crippen LogP) is 4.51. The first-order valence-corrected chi connectivity index (χ1v) is 8.73. The van der Waals surface area contributed by atoms with Crippen LogP contribution in [0.25, 0.3) is 6.08 Å². The first kappa shape index (κ1) is 18.2. The molecule has 0 unspecified atom stereocenters. The fraction of sp³-hybridized carbons (Fsp3) is 0.100. The molecule has 0 aromatic heterocycles. The van der Waals surface area contributed by atoms with E-state index in [1.54, 1.807) is 36.2 Å². The minimum Gasteiger partial charge on any atom is -0.488 e. The molecule has 6 heteroatoms. The Labute approximate surface area is 162 Å². The lowest BCUT2D eigenvalue weighted by atomic mass is 10.1. The number of likely N-dealkylation sites (N-methyl/N-ethyl adjacent to an activating group) is 1. The van der Waals surface area contributed by atoms with Crippen molar-refractivity contribution in [2.75, 3.05) is 18.6 Å². The van der Waals surface area contributed by atoms with E-state index in [1.807, 2.05) is 36.4 Å². The van der Waals surface area contributed by atoms with Crippen molar-refractivity contribution >= 4 is 46.6 Å². The van der Waals surface area contributed by atoms with Crippen molar-refractivity contribution in [1.82, 2.24) is 4.90 Å². The molecule has 1 amide bonds. The van der Waals surface area contributed by atoms with Crippen molar-refractivity contribution in [2.45, 2.75) is 0 Å². The van der Waals surface area contributed by atoms with Crippen molar-refractivity contribution < 1.29 is 9.53 Å². The minimum atomic E-state index is -0.174. The number of ether oxygens (including phenoxy) is 1. The van der Waals surface area contributed by atoms with E-state index >= 15 is 0 Å². The molecule has 1 saturated heterocycles. The molecule has 2 aromatic carbocycles. The Hall–Kier alpha value is -2.63. The summed E-state index contributed by atoms with van der Waals surface area (Å²) in [6, 6.07) is 14.7. The first-order valence-electron chi connectivity index (χ1n) is 7.95. The van der Waals surface area contributed by atoms with Crippen LogP contribution in [-0.4, -0.2) is 29.6 Å². The number of thiocarbonyl (C=S) groups is 1. The largest absolute Gasteiger partial charge is 0.488 e. The number of anilines is 1. The highest BCUT2D eigenvalue weighted by Gasteiger charge is 2.36. The number of benzene rings is 2. The lowest BCUT2D eigenvalue weighted by molar-refractivity contribution is -0.114. The third-order valence-electron chi connectivity index (χ3n) is 3.89. The quantitative estimate of drug-likeness (QED) is 0.431. The number of carbonyl (C=O) groups is 1. The van der Waals surface area contributed by atoms with E-state index in [9.17, 15) is 4.79 Å². The van der Waals surface area contributed by atoms with E-state index in [-0.39, 0.29) is 5.91 Å². The van der Waals surface area contributed by atoms with E-state index in [0.29, 0.717) is 28.2 Å². The second kappa shape index (κ2) is 7.72. The molecule has 1 heterocycles. The zero-order valence-electron chi connectivity index (χ0n) is 14.2. The molecule has 0 saturated carbocycles. The van der Waals surface area contributed by atoms with Gasteiger partial charge in [0.25, 0.3) is 5.91 Å². The third kappa shape index (κ3) is 3.49. The van der Waals surface area contributed by atoms with Crippen LogP contribution < -0.4 is 9.64 Å². The van der Waals surface area contributed by atoms with Crippen molar-refractivity contribution in [3.63, 3.8) is 0 Å². The Bertz CT molecular complexity index is 896. The molecule has 0 atom stereocenters. The molecule has 2 aromatic rings. The summed E-state index contributed by atoms with van der Waals surface area (Å²) in [6.45, 7) is 3.99. The van der Waals surface area contributed by atoms with Gasteiger partial charge in [-0.25, -0.2) is 0 Å². The standard InChI is InChI=1S/C20H17ClN2O2S/c1-3-11-25-18-10-9-14(12-16(18)21)13-17-19(24)23(20(26)22(17)2)15-7-5-4-6-8-15/h3-10,12-13H,1,11H2,2H3/b17-13+. The monoisotopic (exact) mass is 384 g/mol. The van der Waals surface area contributed by atoms with Crippen LogP contribution in [-0.2, 0) is 4.79 Å². The fourth-order valence-electron chi connectivity index (χ4n) is 2.59. The van der Waals surface area contributed by atoms with Gasteiger partial charge in [0.2, 0.25) is 0 Å². The van der Waals surface area contributed by atoms with Crippen LogP contribution in [0, 0.1) is 0 Å². The van der Waals surface area contributed by atoms with Gasteiger partial charge in [-0.2, -0.15) is 0 Å². The summed E-state index contributed by atoms with van der Waals surface area (Å²) in [5.74, 6) is 0.396. The molecule has 1 aliphatic heterocycles. The Balaban J connectivity index is 1.91. The van der Waals surface area contributed by atoms with Gasteiger partial charge in [-0.3, -0.25) is 9.69 Å². The number of carbonyl (C=O) groups excluding carboxylic acids is 1. The molecule has 0 radical (unpaired) electrons. The average Bonchev–Trinajstić information content (AvgIpc) is 2.85. The number of amides is 1.